The van der Waals surface area contributed by atoms with Gasteiger partial charge in [-0.1, -0.05) is 24.3 Å². The summed E-state index contributed by atoms with van der Waals surface area (Å²) >= 11 is 0. The van der Waals surface area contributed by atoms with Crippen molar-refractivity contribution < 1.29 is 17.9 Å². The van der Waals surface area contributed by atoms with Gasteiger partial charge in [-0.05, 0) is 36.2 Å². The van der Waals surface area contributed by atoms with Crippen molar-refractivity contribution in [2.24, 2.45) is 0 Å². The zero-order chi connectivity index (χ0) is 17.9. The van der Waals surface area contributed by atoms with Gasteiger partial charge in [-0.25, -0.2) is 9.97 Å². The van der Waals surface area contributed by atoms with Crippen LogP contribution < -0.4 is 10.1 Å². The van der Waals surface area contributed by atoms with Crippen LogP contribution in [0.3, 0.4) is 0 Å². The molecule has 2 aromatic carbocycles. The van der Waals surface area contributed by atoms with Crippen molar-refractivity contribution in [3.63, 3.8) is 0 Å². The number of hydrogen-bond acceptors (Lipinski definition) is 4. The number of nitrogens with one attached hydrogen (secondary N) is 1. The summed E-state index contributed by atoms with van der Waals surface area (Å²) in [6, 6.07) is 14.2. The maximum absolute atomic E-state index is 13.0. The van der Waals surface area contributed by atoms with E-state index in [0.29, 0.717) is 18.4 Å². The first-order valence-corrected chi connectivity index (χ1v) is 7.68. The molecule has 1 N–H and O–H groups in total. The molecule has 0 fully saturated rings. The van der Waals surface area contributed by atoms with Crippen molar-refractivity contribution in [3.8, 4) is 5.75 Å². The standard InChI is InChI=1S/C18H16F3N3O/c1-25-13-8-6-12(7-9-13)10-11-22-16-14-4-2-3-5-15(14)23-17(24-16)18(19,20)21/h2-9H,10-11H2,1H3,(H,22,23,24). The minimum absolute atomic E-state index is 0.187. The Bertz CT molecular complexity index is 864. The highest BCUT2D eigenvalue weighted by Crippen LogP contribution is 2.30. The van der Waals surface area contributed by atoms with Crippen LogP contribution in [0.1, 0.15) is 11.4 Å². The highest BCUT2D eigenvalue weighted by Gasteiger charge is 2.35. The van der Waals surface area contributed by atoms with Gasteiger partial charge in [-0.2, -0.15) is 13.2 Å². The number of rotatable bonds is 5. The van der Waals surface area contributed by atoms with Crippen molar-refractivity contribution in [3.05, 3.63) is 59.9 Å². The number of fused-ring (bicyclic) bond motifs is 1. The molecule has 4 nitrogen and oxygen atoms in total. The molecule has 7 heteroatoms. The van der Waals surface area contributed by atoms with Crippen LogP contribution in [0.15, 0.2) is 48.5 Å². The number of alkyl halides is 3. The average Bonchev–Trinajstić information content (AvgIpc) is 2.61. The van der Waals surface area contributed by atoms with Gasteiger partial charge in [-0.3, -0.25) is 0 Å². The third kappa shape index (κ3) is 3.99. The Kier molecular flexibility index (Phi) is 4.74. The van der Waals surface area contributed by atoms with Crippen molar-refractivity contribution >= 4 is 16.7 Å². The molecule has 25 heavy (non-hydrogen) atoms. The third-order valence-corrected chi connectivity index (χ3v) is 3.72. The van der Waals surface area contributed by atoms with Crippen LogP contribution in [0.25, 0.3) is 10.9 Å². The van der Waals surface area contributed by atoms with Gasteiger partial charge in [-0.15, -0.1) is 0 Å². The van der Waals surface area contributed by atoms with Gasteiger partial charge in [0.2, 0.25) is 5.82 Å². The molecular formula is C18H16F3N3O. The molecule has 130 valence electrons. The Morgan fingerprint density at radius 2 is 1.72 bits per heavy atom. The smallest absolute Gasteiger partial charge is 0.451 e. The van der Waals surface area contributed by atoms with Crippen LogP contribution in [0.2, 0.25) is 0 Å². The van der Waals surface area contributed by atoms with Crippen LogP contribution in [0, 0.1) is 0 Å². The first-order valence-electron chi connectivity index (χ1n) is 7.68. The first-order chi connectivity index (χ1) is 12.0. The van der Waals surface area contributed by atoms with Crippen molar-refractivity contribution in [2.45, 2.75) is 12.6 Å². The van der Waals surface area contributed by atoms with Gasteiger partial charge in [0.05, 0.1) is 12.6 Å². The van der Waals surface area contributed by atoms with E-state index in [1.807, 2.05) is 24.3 Å². The summed E-state index contributed by atoms with van der Waals surface area (Å²) in [5, 5.41) is 3.56. The Morgan fingerprint density at radius 3 is 2.40 bits per heavy atom. The second kappa shape index (κ2) is 6.96. The highest BCUT2D eigenvalue weighted by molar-refractivity contribution is 5.89. The Hall–Kier alpha value is -2.83. The molecule has 0 unspecified atom stereocenters. The van der Waals surface area contributed by atoms with Crippen LogP contribution in [-0.4, -0.2) is 23.6 Å². The Labute approximate surface area is 142 Å². The van der Waals surface area contributed by atoms with Crippen LogP contribution >= 0.6 is 0 Å². The summed E-state index contributed by atoms with van der Waals surface area (Å²) in [6.07, 6.45) is -3.94. The fraction of sp³-hybridized carbons (Fsp3) is 0.222. The number of aromatic nitrogens is 2. The summed E-state index contributed by atoms with van der Waals surface area (Å²) in [6.45, 7) is 0.449. The maximum Gasteiger partial charge on any atom is 0.451 e. The molecule has 3 aromatic rings. The average molecular weight is 347 g/mol. The molecule has 0 saturated carbocycles. The molecule has 1 aromatic heterocycles. The fourth-order valence-corrected chi connectivity index (χ4v) is 2.46. The quantitative estimate of drug-likeness (QED) is 0.747. The highest BCUT2D eigenvalue weighted by atomic mass is 19.4. The molecule has 0 saturated heterocycles. The van der Waals surface area contributed by atoms with Gasteiger partial charge in [0.1, 0.15) is 11.6 Å². The van der Waals surface area contributed by atoms with E-state index in [0.717, 1.165) is 11.3 Å². The molecule has 3 rings (SSSR count). The molecule has 0 bridgehead atoms. The molecule has 0 aliphatic heterocycles. The van der Waals surface area contributed by atoms with E-state index in [1.165, 1.54) is 0 Å². The van der Waals surface area contributed by atoms with Crippen LogP contribution in [0.5, 0.6) is 5.75 Å². The van der Waals surface area contributed by atoms with E-state index in [1.54, 1.807) is 31.4 Å². The van der Waals surface area contributed by atoms with Crippen molar-refractivity contribution in [1.29, 1.82) is 0 Å². The lowest BCUT2D eigenvalue weighted by atomic mass is 10.1. The molecule has 0 aliphatic rings. The molecule has 0 amide bonds. The second-order valence-corrected chi connectivity index (χ2v) is 5.44. The maximum atomic E-state index is 13.0. The van der Waals surface area contributed by atoms with Crippen LogP contribution in [0.4, 0.5) is 19.0 Å². The van der Waals surface area contributed by atoms with E-state index >= 15 is 0 Å². The van der Waals surface area contributed by atoms with Gasteiger partial charge in [0.25, 0.3) is 0 Å². The number of hydrogen-bond donors (Lipinski definition) is 1. The number of para-hydroxylation sites is 1. The molecule has 0 spiro atoms. The molecule has 0 radical (unpaired) electrons. The van der Waals surface area contributed by atoms with E-state index in [4.69, 9.17) is 4.74 Å². The Balaban J connectivity index is 1.79. The lowest BCUT2D eigenvalue weighted by Gasteiger charge is -2.12. The molecule has 1 heterocycles. The largest absolute Gasteiger partial charge is 0.497 e. The monoisotopic (exact) mass is 347 g/mol. The number of ether oxygens (including phenoxy) is 1. The van der Waals surface area contributed by atoms with Gasteiger partial charge in [0, 0.05) is 11.9 Å². The second-order valence-electron chi connectivity index (χ2n) is 5.44. The van der Waals surface area contributed by atoms with Crippen molar-refractivity contribution in [2.75, 3.05) is 19.0 Å². The predicted molar refractivity (Wildman–Crippen MR) is 89.7 cm³/mol. The third-order valence-electron chi connectivity index (χ3n) is 3.72. The SMILES string of the molecule is COc1ccc(CCNc2nc(C(F)(F)F)nc3ccccc23)cc1. The Morgan fingerprint density at radius 1 is 1.00 bits per heavy atom. The lowest BCUT2D eigenvalue weighted by Crippen LogP contribution is -2.14. The van der Waals surface area contributed by atoms with E-state index in [-0.39, 0.29) is 11.3 Å². The topological polar surface area (TPSA) is 47.0 Å². The summed E-state index contributed by atoms with van der Waals surface area (Å²) in [5.74, 6) is -0.196. The molecule has 0 aliphatic carbocycles. The summed E-state index contributed by atoms with van der Waals surface area (Å²) in [5.41, 5.74) is 1.31. The number of halogens is 3. The normalized spacial score (nSPS) is 11.5. The minimum atomic E-state index is -4.59. The number of nitrogens with zero attached hydrogens (tertiary/aromatic N) is 2. The zero-order valence-electron chi connectivity index (χ0n) is 13.5. The van der Waals surface area contributed by atoms with Gasteiger partial charge >= 0.3 is 6.18 Å². The van der Waals surface area contributed by atoms with Gasteiger partial charge in [0.15, 0.2) is 0 Å². The fourth-order valence-electron chi connectivity index (χ4n) is 2.46. The number of benzene rings is 2. The van der Waals surface area contributed by atoms with Crippen LogP contribution in [-0.2, 0) is 12.6 Å². The minimum Gasteiger partial charge on any atom is -0.497 e. The lowest BCUT2D eigenvalue weighted by molar-refractivity contribution is -0.144. The van der Waals surface area contributed by atoms with E-state index in [2.05, 4.69) is 15.3 Å². The predicted octanol–water partition coefficient (Wildman–Crippen LogP) is 4.31. The van der Waals surface area contributed by atoms with Crippen molar-refractivity contribution in [1.82, 2.24) is 9.97 Å². The number of methoxy groups -OCH3 is 1. The van der Waals surface area contributed by atoms with E-state index < -0.39 is 12.0 Å². The summed E-state index contributed by atoms with van der Waals surface area (Å²) in [4.78, 5) is 7.27. The zero-order valence-corrected chi connectivity index (χ0v) is 13.5. The molecule has 0 atom stereocenters. The van der Waals surface area contributed by atoms with E-state index in [9.17, 15) is 13.2 Å². The molecular weight excluding hydrogens is 331 g/mol. The van der Waals surface area contributed by atoms with Gasteiger partial charge < -0.3 is 10.1 Å². The summed E-state index contributed by atoms with van der Waals surface area (Å²) < 4.78 is 44.1. The summed E-state index contributed by atoms with van der Waals surface area (Å²) in [7, 11) is 1.59. The number of anilines is 1. The first kappa shape index (κ1) is 17.0.